The standard InChI is InChI=1S/C14H16N2O5/c1-8-3-4-10(7-11(8)17)13(19)21-9(2)12(18)16-6-5-15-14(16)20/h3-4,7,9,17H,5-6H2,1-2H3,(H,15,20). The van der Waals surface area contributed by atoms with Crippen LogP contribution in [0.2, 0.25) is 0 Å². The Labute approximate surface area is 121 Å². The number of nitrogens with zero attached hydrogens (tertiary/aromatic N) is 1. The third kappa shape index (κ3) is 3.13. The second-order valence-electron chi connectivity index (χ2n) is 4.77. The minimum Gasteiger partial charge on any atom is -0.508 e. The number of carbonyl (C=O) groups is 3. The predicted octanol–water partition coefficient (Wildman–Crippen LogP) is 0.798. The first-order valence-electron chi connectivity index (χ1n) is 6.50. The van der Waals surface area contributed by atoms with E-state index in [-0.39, 0.29) is 17.9 Å². The van der Waals surface area contributed by atoms with Crippen molar-refractivity contribution in [2.75, 3.05) is 13.1 Å². The van der Waals surface area contributed by atoms with Crippen LogP contribution in [0.5, 0.6) is 5.75 Å². The molecule has 0 spiro atoms. The normalized spacial score (nSPS) is 15.5. The number of phenolic OH excluding ortho intramolecular Hbond substituents is 1. The Hall–Kier alpha value is -2.57. The van der Waals surface area contributed by atoms with Crippen molar-refractivity contribution < 1.29 is 24.2 Å². The van der Waals surface area contributed by atoms with Crippen molar-refractivity contribution in [1.82, 2.24) is 10.2 Å². The number of esters is 1. The van der Waals surface area contributed by atoms with Crippen molar-refractivity contribution in [3.8, 4) is 5.75 Å². The average Bonchev–Trinajstić information content (AvgIpc) is 2.87. The summed E-state index contributed by atoms with van der Waals surface area (Å²) >= 11 is 0. The molecule has 1 saturated heterocycles. The van der Waals surface area contributed by atoms with Crippen LogP contribution in [-0.2, 0) is 9.53 Å². The van der Waals surface area contributed by atoms with Gasteiger partial charge in [-0.3, -0.25) is 9.69 Å². The van der Waals surface area contributed by atoms with Crippen molar-refractivity contribution in [1.29, 1.82) is 0 Å². The molecule has 0 aliphatic carbocycles. The molecule has 1 aromatic carbocycles. The number of aryl methyl sites for hydroxylation is 1. The molecular weight excluding hydrogens is 276 g/mol. The Bertz CT molecular complexity index is 599. The molecule has 1 aromatic rings. The van der Waals surface area contributed by atoms with Crippen LogP contribution >= 0.6 is 0 Å². The summed E-state index contributed by atoms with van der Waals surface area (Å²) in [4.78, 5) is 36.3. The van der Waals surface area contributed by atoms with Crippen molar-refractivity contribution in [3.05, 3.63) is 29.3 Å². The van der Waals surface area contributed by atoms with Gasteiger partial charge in [0.15, 0.2) is 6.10 Å². The van der Waals surface area contributed by atoms with Crippen LogP contribution in [0, 0.1) is 6.92 Å². The molecule has 21 heavy (non-hydrogen) atoms. The van der Waals surface area contributed by atoms with Gasteiger partial charge in [-0.25, -0.2) is 9.59 Å². The molecule has 3 amide bonds. The first-order chi connectivity index (χ1) is 9.90. The SMILES string of the molecule is Cc1ccc(C(=O)OC(C)C(=O)N2CCNC2=O)cc1O. The van der Waals surface area contributed by atoms with E-state index in [1.807, 2.05) is 0 Å². The molecule has 0 radical (unpaired) electrons. The van der Waals surface area contributed by atoms with Crippen molar-refractivity contribution in [2.24, 2.45) is 0 Å². The number of hydrogen-bond donors (Lipinski definition) is 2. The second kappa shape index (κ2) is 5.82. The number of hydrogen-bond acceptors (Lipinski definition) is 5. The van der Waals surface area contributed by atoms with Crippen molar-refractivity contribution in [2.45, 2.75) is 20.0 Å². The van der Waals surface area contributed by atoms with Crippen LogP contribution in [-0.4, -0.2) is 47.1 Å². The Morgan fingerprint density at radius 1 is 1.43 bits per heavy atom. The fraction of sp³-hybridized carbons (Fsp3) is 0.357. The lowest BCUT2D eigenvalue weighted by Crippen LogP contribution is -2.41. The van der Waals surface area contributed by atoms with E-state index >= 15 is 0 Å². The summed E-state index contributed by atoms with van der Waals surface area (Å²) in [7, 11) is 0. The summed E-state index contributed by atoms with van der Waals surface area (Å²) in [6, 6.07) is 3.86. The van der Waals surface area contributed by atoms with Gasteiger partial charge in [-0.05, 0) is 31.5 Å². The lowest BCUT2D eigenvalue weighted by atomic mass is 10.1. The molecule has 1 unspecified atom stereocenters. The van der Waals surface area contributed by atoms with E-state index in [9.17, 15) is 19.5 Å². The molecule has 2 rings (SSSR count). The molecule has 7 heteroatoms. The molecule has 1 fully saturated rings. The molecule has 2 N–H and O–H groups in total. The van der Waals surface area contributed by atoms with E-state index in [1.165, 1.54) is 19.1 Å². The third-order valence-corrected chi connectivity index (χ3v) is 3.20. The molecule has 1 aliphatic rings. The number of urea groups is 1. The number of aromatic hydroxyl groups is 1. The predicted molar refractivity (Wildman–Crippen MR) is 72.8 cm³/mol. The summed E-state index contributed by atoms with van der Waals surface area (Å²) in [5.41, 5.74) is 0.771. The maximum atomic E-state index is 12.0. The Morgan fingerprint density at radius 3 is 2.71 bits per heavy atom. The summed E-state index contributed by atoms with van der Waals surface area (Å²) in [6.45, 7) is 3.74. The fourth-order valence-electron chi connectivity index (χ4n) is 1.92. The Balaban J connectivity index is 2.03. The number of amides is 3. The van der Waals surface area contributed by atoms with Gasteiger partial charge in [-0.15, -0.1) is 0 Å². The number of phenols is 1. The third-order valence-electron chi connectivity index (χ3n) is 3.20. The second-order valence-corrected chi connectivity index (χ2v) is 4.77. The summed E-state index contributed by atoms with van der Waals surface area (Å²) in [6.07, 6.45) is -1.08. The zero-order valence-corrected chi connectivity index (χ0v) is 11.8. The quantitative estimate of drug-likeness (QED) is 0.803. The number of imide groups is 1. The van der Waals surface area contributed by atoms with E-state index in [0.29, 0.717) is 12.1 Å². The minimum atomic E-state index is -1.08. The van der Waals surface area contributed by atoms with Gasteiger partial charge in [0.25, 0.3) is 5.91 Å². The van der Waals surface area contributed by atoms with E-state index in [2.05, 4.69) is 5.32 Å². The van der Waals surface area contributed by atoms with Gasteiger partial charge in [0.1, 0.15) is 5.75 Å². The van der Waals surface area contributed by atoms with Crippen LogP contribution in [0.1, 0.15) is 22.8 Å². The van der Waals surface area contributed by atoms with Gasteiger partial charge >= 0.3 is 12.0 Å². The highest BCUT2D eigenvalue weighted by atomic mass is 16.5. The minimum absolute atomic E-state index is 0.0256. The van der Waals surface area contributed by atoms with Gasteiger partial charge < -0.3 is 15.2 Å². The van der Waals surface area contributed by atoms with Crippen molar-refractivity contribution in [3.63, 3.8) is 0 Å². The monoisotopic (exact) mass is 292 g/mol. The zero-order valence-electron chi connectivity index (χ0n) is 11.8. The number of nitrogens with one attached hydrogen (secondary N) is 1. The topological polar surface area (TPSA) is 95.9 Å². The molecule has 112 valence electrons. The smallest absolute Gasteiger partial charge is 0.339 e. The lowest BCUT2D eigenvalue weighted by Gasteiger charge is -2.18. The number of rotatable bonds is 3. The molecule has 7 nitrogen and oxygen atoms in total. The first-order valence-corrected chi connectivity index (χ1v) is 6.50. The van der Waals surface area contributed by atoms with Crippen LogP contribution in [0.25, 0.3) is 0 Å². The largest absolute Gasteiger partial charge is 0.508 e. The molecular formula is C14H16N2O5. The van der Waals surface area contributed by atoms with E-state index in [1.54, 1.807) is 13.0 Å². The van der Waals surface area contributed by atoms with E-state index in [0.717, 1.165) is 4.90 Å². The van der Waals surface area contributed by atoms with Crippen molar-refractivity contribution >= 4 is 17.9 Å². The van der Waals surface area contributed by atoms with Crippen LogP contribution in [0.3, 0.4) is 0 Å². The number of benzene rings is 1. The van der Waals surface area contributed by atoms with Crippen LogP contribution in [0.15, 0.2) is 18.2 Å². The number of ether oxygens (including phenoxy) is 1. The molecule has 1 aliphatic heterocycles. The van der Waals surface area contributed by atoms with Crippen LogP contribution in [0.4, 0.5) is 4.79 Å². The highest BCUT2D eigenvalue weighted by Crippen LogP contribution is 2.18. The highest BCUT2D eigenvalue weighted by Gasteiger charge is 2.31. The molecule has 0 aromatic heterocycles. The maximum absolute atomic E-state index is 12.0. The van der Waals surface area contributed by atoms with Gasteiger partial charge in [0, 0.05) is 13.1 Å². The molecule has 0 bridgehead atoms. The molecule has 1 heterocycles. The summed E-state index contributed by atoms with van der Waals surface area (Å²) in [5, 5.41) is 12.1. The lowest BCUT2D eigenvalue weighted by molar-refractivity contribution is -0.136. The maximum Gasteiger partial charge on any atom is 0.339 e. The molecule has 0 saturated carbocycles. The summed E-state index contributed by atoms with van der Waals surface area (Å²) < 4.78 is 5.03. The fourth-order valence-corrected chi connectivity index (χ4v) is 1.92. The first kappa shape index (κ1) is 14.8. The van der Waals surface area contributed by atoms with Gasteiger partial charge in [0.05, 0.1) is 5.56 Å². The average molecular weight is 292 g/mol. The van der Waals surface area contributed by atoms with E-state index in [4.69, 9.17) is 4.74 Å². The van der Waals surface area contributed by atoms with E-state index < -0.39 is 24.0 Å². The zero-order chi connectivity index (χ0) is 15.6. The molecule has 1 atom stereocenters. The Kier molecular flexibility index (Phi) is 4.11. The number of carbonyl (C=O) groups excluding carboxylic acids is 3. The van der Waals surface area contributed by atoms with Gasteiger partial charge in [-0.2, -0.15) is 0 Å². The summed E-state index contributed by atoms with van der Waals surface area (Å²) in [5.74, 6) is -1.33. The highest BCUT2D eigenvalue weighted by molar-refractivity contribution is 5.99. The Morgan fingerprint density at radius 2 is 2.14 bits per heavy atom. The van der Waals surface area contributed by atoms with Crippen LogP contribution < -0.4 is 5.32 Å². The van der Waals surface area contributed by atoms with Gasteiger partial charge in [0.2, 0.25) is 0 Å². The van der Waals surface area contributed by atoms with Gasteiger partial charge in [-0.1, -0.05) is 6.07 Å².